The predicted molar refractivity (Wildman–Crippen MR) is 88.6 cm³/mol. The molecule has 1 aliphatic heterocycles. The molecule has 0 bridgehead atoms. The zero-order valence-corrected chi connectivity index (χ0v) is 13.3. The van der Waals surface area contributed by atoms with E-state index < -0.39 is 0 Å². The van der Waals surface area contributed by atoms with Crippen LogP contribution in [0.1, 0.15) is 19.8 Å². The molecule has 2 heterocycles. The third-order valence-corrected chi connectivity index (χ3v) is 4.16. The molecule has 1 saturated heterocycles. The molecule has 1 aromatic heterocycles. The Morgan fingerprint density at radius 1 is 1.23 bits per heavy atom. The second-order valence-electron chi connectivity index (χ2n) is 5.64. The van der Waals surface area contributed by atoms with Crippen LogP contribution in [0.15, 0.2) is 30.5 Å². The van der Waals surface area contributed by atoms with Crippen LogP contribution in [0, 0.1) is 5.92 Å². The summed E-state index contributed by atoms with van der Waals surface area (Å²) in [5.41, 5.74) is 6.60. The van der Waals surface area contributed by atoms with Crippen molar-refractivity contribution in [1.29, 1.82) is 0 Å². The van der Waals surface area contributed by atoms with Gasteiger partial charge in [-0.3, -0.25) is 0 Å². The third-order valence-electron chi connectivity index (χ3n) is 3.91. The quantitative estimate of drug-likeness (QED) is 0.934. The SMILES string of the molecule is CC1CCN(c2cnc(N)nc2Oc2ccc(Cl)cc2)CC1. The van der Waals surface area contributed by atoms with E-state index in [2.05, 4.69) is 21.8 Å². The molecule has 1 aliphatic rings. The van der Waals surface area contributed by atoms with Crippen LogP contribution in [-0.2, 0) is 0 Å². The number of hydrogen-bond acceptors (Lipinski definition) is 5. The van der Waals surface area contributed by atoms with Gasteiger partial charge in [0.05, 0.1) is 6.20 Å². The highest BCUT2D eigenvalue weighted by Gasteiger charge is 2.21. The predicted octanol–water partition coefficient (Wildman–Crippen LogP) is 3.74. The Bertz CT molecular complexity index is 639. The molecule has 0 radical (unpaired) electrons. The van der Waals surface area contributed by atoms with E-state index in [1.165, 1.54) is 0 Å². The number of piperidine rings is 1. The summed E-state index contributed by atoms with van der Waals surface area (Å²) < 4.78 is 5.89. The minimum Gasteiger partial charge on any atom is -0.437 e. The minimum absolute atomic E-state index is 0.207. The van der Waals surface area contributed by atoms with E-state index in [1.807, 2.05) is 12.1 Å². The van der Waals surface area contributed by atoms with Crippen molar-refractivity contribution in [3.63, 3.8) is 0 Å². The molecule has 1 aromatic carbocycles. The Labute approximate surface area is 135 Å². The van der Waals surface area contributed by atoms with E-state index in [9.17, 15) is 0 Å². The molecule has 0 spiro atoms. The van der Waals surface area contributed by atoms with Crippen molar-refractivity contribution in [1.82, 2.24) is 9.97 Å². The first-order valence-electron chi connectivity index (χ1n) is 7.42. The summed E-state index contributed by atoms with van der Waals surface area (Å²) in [5, 5.41) is 0.666. The maximum atomic E-state index is 5.90. The van der Waals surface area contributed by atoms with Gasteiger partial charge in [0.1, 0.15) is 11.4 Å². The molecule has 6 heteroatoms. The van der Waals surface area contributed by atoms with Gasteiger partial charge in [0, 0.05) is 18.1 Å². The average molecular weight is 319 g/mol. The zero-order valence-electron chi connectivity index (χ0n) is 12.5. The van der Waals surface area contributed by atoms with E-state index in [1.54, 1.807) is 18.3 Å². The molecule has 2 aromatic rings. The van der Waals surface area contributed by atoms with Crippen LogP contribution in [0.5, 0.6) is 11.6 Å². The lowest BCUT2D eigenvalue weighted by molar-refractivity contribution is 0.425. The van der Waals surface area contributed by atoms with Crippen molar-refractivity contribution in [3.8, 4) is 11.6 Å². The number of halogens is 1. The largest absolute Gasteiger partial charge is 0.437 e. The normalized spacial score (nSPS) is 15.8. The Morgan fingerprint density at radius 3 is 2.59 bits per heavy atom. The average Bonchev–Trinajstić information content (AvgIpc) is 2.51. The molecular weight excluding hydrogens is 300 g/mol. The number of rotatable bonds is 3. The summed E-state index contributed by atoms with van der Waals surface area (Å²) in [6.45, 7) is 4.23. The van der Waals surface area contributed by atoms with Crippen LogP contribution in [0.25, 0.3) is 0 Å². The number of aromatic nitrogens is 2. The number of nitrogens with two attached hydrogens (primary N) is 1. The third kappa shape index (κ3) is 3.42. The number of nitrogen functional groups attached to an aromatic ring is 1. The van der Waals surface area contributed by atoms with E-state index in [0.29, 0.717) is 16.7 Å². The molecule has 5 nitrogen and oxygen atoms in total. The molecule has 0 aliphatic carbocycles. The molecule has 1 fully saturated rings. The van der Waals surface area contributed by atoms with E-state index in [0.717, 1.165) is 37.5 Å². The summed E-state index contributed by atoms with van der Waals surface area (Å²) in [6, 6.07) is 7.18. The van der Waals surface area contributed by atoms with E-state index in [-0.39, 0.29) is 5.95 Å². The number of benzene rings is 1. The second-order valence-corrected chi connectivity index (χ2v) is 6.08. The van der Waals surface area contributed by atoms with Gasteiger partial charge in [-0.1, -0.05) is 18.5 Å². The van der Waals surface area contributed by atoms with Gasteiger partial charge in [0.25, 0.3) is 0 Å². The molecule has 2 N–H and O–H groups in total. The van der Waals surface area contributed by atoms with E-state index in [4.69, 9.17) is 22.1 Å². The van der Waals surface area contributed by atoms with Crippen LogP contribution in [-0.4, -0.2) is 23.1 Å². The minimum atomic E-state index is 0.207. The molecule has 0 unspecified atom stereocenters. The Hall–Kier alpha value is -2.01. The fraction of sp³-hybridized carbons (Fsp3) is 0.375. The van der Waals surface area contributed by atoms with Crippen LogP contribution >= 0.6 is 11.6 Å². The summed E-state index contributed by atoms with van der Waals surface area (Å²) >= 11 is 5.90. The molecule has 0 atom stereocenters. The van der Waals surface area contributed by atoms with Crippen LogP contribution < -0.4 is 15.4 Å². The van der Waals surface area contributed by atoms with Gasteiger partial charge in [-0.15, -0.1) is 0 Å². The fourth-order valence-corrected chi connectivity index (χ4v) is 2.65. The van der Waals surface area contributed by atoms with Crippen molar-refractivity contribution in [2.45, 2.75) is 19.8 Å². The Balaban J connectivity index is 1.86. The first kappa shape index (κ1) is 14.9. The van der Waals surface area contributed by atoms with Crippen molar-refractivity contribution < 1.29 is 4.74 Å². The van der Waals surface area contributed by atoms with E-state index >= 15 is 0 Å². The van der Waals surface area contributed by atoms with Crippen LogP contribution in [0.3, 0.4) is 0 Å². The fourth-order valence-electron chi connectivity index (χ4n) is 2.53. The summed E-state index contributed by atoms with van der Waals surface area (Å²) in [6.07, 6.45) is 4.05. The highest BCUT2D eigenvalue weighted by molar-refractivity contribution is 6.30. The van der Waals surface area contributed by atoms with Crippen LogP contribution in [0.2, 0.25) is 5.02 Å². The van der Waals surface area contributed by atoms with Crippen molar-refractivity contribution >= 4 is 23.2 Å². The number of nitrogens with zero attached hydrogens (tertiary/aromatic N) is 3. The van der Waals surface area contributed by atoms with Crippen molar-refractivity contribution in [2.24, 2.45) is 5.92 Å². The molecule has 0 amide bonds. The van der Waals surface area contributed by atoms with Gasteiger partial charge in [0.2, 0.25) is 11.8 Å². The number of ether oxygens (including phenoxy) is 1. The Kier molecular flexibility index (Phi) is 4.34. The van der Waals surface area contributed by atoms with Gasteiger partial charge in [-0.25, -0.2) is 4.98 Å². The van der Waals surface area contributed by atoms with Crippen molar-refractivity contribution in [2.75, 3.05) is 23.7 Å². The lowest BCUT2D eigenvalue weighted by Crippen LogP contribution is -2.33. The first-order valence-corrected chi connectivity index (χ1v) is 7.80. The van der Waals surface area contributed by atoms with Gasteiger partial charge in [-0.2, -0.15) is 4.98 Å². The summed E-state index contributed by atoms with van der Waals surface area (Å²) in [4.78, 5) is 10.6. The highest BCUT2D eigenvalue weighted by atomic mass is 35.5. The monoisotopic (exact) mass is 318 g/mol. The molecule has 22 heavy (non-hydrogen) atoms. The van der Waals surface area contributed by atoms with Gasteiger partial charge >= 0.3 is 0 Å². The van der Waals surface area contributed by atoms with Crippen LogP contribution in [0.4, 0.5) is 11.6 Å². The van der Waals surface area contributed by atoms with Gasteiger partial charge < -0.3 is 15.4 Å². The molecule has 0 saturated carbocycles. The number of hydrogen-bond donors (Lipinski definition) is 1. The molecular formula is C16H19ClN4O. The smallest absolute Gasteiger partial charge is 0.248 e. The zero-order chi connectivity index (χ0) is 15.5. The van der Waals surface area contributed by atoms with Crippen molar-refractivity contribution in [3.05, 3.63) is 35.5 Å². The molecule has 116 valence electrons. The summed E-state index contributed by atoms with van der Waals surface area (Å²) in [5.74, 6) is 2.13. The Morgan fingerprint density at radius 2 is 1.91 bits per heavy atom. The maximum absolute atomic E-state index is 5.90. The lowest BCUT2D eigenvalue weighted by atomic mass is 9.99. The second kappa shape index (κ2) is 6.40. The van der Waals surface area contributed by atoms with Gasteiger partial charge in [0.15, 0.2) is 0 Å². The highest BCUT2D eigenvalue weighted by Crippen LogP contribution is 2.33. The molecule has 3 rings (SSSR count). The first-order chi connectivity index (χ1) is 10.6. The lowest BCUT2D eigenvalue weighted by Gasteiger charge is -2.32. The maximum Gasteiger partial charge on any atom is 0.248 e. The topological polar surface area (TPSA) is 64.3 Å². The standard InChI is InChI=1S/C16H19ClN4O/c1-11-6-8-21(9-7-11)14-10-19-16(18)20-15(14)22-13-4-2-12(17)3-5-13/h2-5,10-11H,6-9H2,1H3,(H2,18,19,20). The summed E-state index contributed by atoms with van der Waals surface area (Å²) in [7, 11) is 0. The number of anilines is 2. The van der Waals surface area contributed by atoms with Gasteiger partial charge in [-0.05, 0) is 43.0 Å².